The first-order valence-corrected chi connectivity index (χ1v) is 17.1. The molecule has 6 heterocycles. The number of carboxylic acids is 1. The fourth-order valence-corrected chi connectivity index (χ4v) is 7.68. The molecule has 6 rings (SSSR count). The molecule has 0 spiro atoms. The Morgan fingerprint density at radius 3 is 1.68 bits per heavy atom. The second-order valence-electron chi connectivity index (χ2n) is 12.9. The number of fused-ring (bicyclic) bond motifs is 11. The van der Waals surface area contributed by atoms with E-state index in [1.807, 2.05) is 0 Å². The van der Waals surface area contributed by atoms with Crippen molar-refractivity contribution in [3.63, 3.8) is 0 Å². The summed E-state index contributed by atoms with van der Waals surface area (Å²) in [5, 5.41) is 9.59. The van der Waals surface area contributed by atoms with Gasteiger partial charge in [-0.2, -0.15) is 0 Å². The summed E-state index contributed by atoms with van der Waals surface area (Å²) in [7, 11) is 0. The molecule has 0 saturated heterocycles. The van der Waals surface area contributed by atoms with Crippen LogP contribution in [0.3, 0.4) is 0 Å². The smallest absolute Gasteiger partial charge is 0.303 e. The van der Waals surface area contributed by atoms with Gasteiger partial charge in [0.05, 0.1) is 28.3 Å². The van der Waals surface area contributed by atoms with Crippen molar-refractivity contribution < 1.29 is 9.90 Å². The van der Waals surface area contributed by atoms with Crippen LogP contribution in [0.25, 0.3) is 55.4 Å². The number of aromatic amines is 3. The molecule has 0 amide bonds. The van der Waals surface area contributed by atoms with Gasteiger partial charge < -0.3 is 20.1 Å². The van der Waals surface area contributed by atoms with Crippen molar-refractivity contribution in [3.8, 4) is 0 Å². The molecule has 2 aliphatic heterocycles. The van der Waals surface area contributed by atoms with Gasteiger partial charge in [0.25, 0.3) is 0 Å². The lowest BCUT2D eigenvalue weighted by atomic mass is 10.0. The summed E-state index contributed by atoms with van der Waals surface area (Å²) in [4.78, 5) is 33.4. The van der Waals surface area contributed by atoms with E-state index in [2.05, 4.69) is 102 Å². The SMILES string of the molecule is CCC1=C(C)c2nc1cc1[nH]c(cc3nc(cc4[nH]c(cc5[nH]c2c(C)c5CC)c(C)c4CC)C(C)=C3CCC(=O)O)c(CC)c1C. The fraction of sp³-hybridized carbons (Fsp3) is 0.375. The zero-order chi connectivity index (χ0) is 33.7. The van der Waals surface area contributed by atoms with Crippen LogP contribution in [0.2, 0.25) is 0 Å². The van der Waals surface area contributed by atoms with Crippen LogP contribution in [0, 0.1) is 20.8 Å². The van der Waals surface area contributed by atoms with Crippen LogP contribution in [-0.4, -0.2) is 36.0 Å². The topological polar surface area (TPSA) is 110 Å². The third-order valence-corrected chi connectivity index (χ3v) is 10.4. The van der Waals surface area contributed by atoms with Crippen LogP contribution in [0.5, 0.6) is 0 Å². The maximum atomic E-state index is 11.7. The Morgan fingerprint density at radius 1 is 0.596 bits per heavy atom. The number of carbonyl (C=O) groups is 1. The van der Waals surface area contributed by atoms with Crippen molar-refractivity contribution in [3.05, 3.63) is 80.4 Å². The van der Waals surface area contributed by atoms with Gasteiger partial charge in [-0.3, -0.25) is 4.79 Å². The standard InChI is InChI=1S/C40H47N5O2/c1-10-25-20(5)30-17-35-27(12-3)23(8)39(44-35)40-24(9)28(13-4)36(45-40)18-31-21(6)26(11-2)34(42-31)19-37-29(14-15-38(46)47)22(7)32(43-37)16-33(25)41-30/h16-19,41-42,44H,10-15H2,1-9H3,(H,46,47). The Labute approximate surface area is 277 Å². The van der Waals surface area contributed by atoms with Gasteiger partial charge in [0.15, 0.2) is 0 Å². The first-order chi connectivity index (χ1) is 22.5. The first kappa shape index (κ1) is 32.3. The number of carboxylic acid groups (broad SMARTS) is 1. The molecule has 0 atom stereocenters. The van der Waals surface area contributed by atoms with E-state index in [1.54, 1.807) is 0 Å². The van der Waals surface area contributed by atoms with Crippen molar-refractivity contribution in [1.82, 2.24) is 24.9 Å². The lowest BCUT2D eigenvalue weighted by Crippen LogP contribution is -1.95. The Morgan fingerprint density at radius 2 is 1.11 bits per heavy atom. The number of aromatic nitrogens is 5. The molecule has 4 aromatic rings. The molecule has 0 aromatic carbocycles. The van der Waals surface area contributed by atoms with Gasteiger partial charge in [-0.25, -0.2) is 9.97 Å². The monoisotopic (exact) mass is 629 g/mol. The summed E-state index contributed by atoms with van der Waals surface area (Å²) in [5.74, 6) is -0.809. The molecule has 0 saturated carbocycles. The van der Waals surface area contributed by atoms with Gasteiger partial charge in [0.1, 0.15) is 0 Å². The number of allylic oxidation sites excluding steroid dienone is 4. The fourth-order valence-electron chi connectivity index (χ4n) is 7.68. The van der Waals surface area contributed by atoms with E-state index in [4.69, 9.17) is 9.97 Å². The average molecular weight is 630 g/mol. The summed E-state index contributed by atoms with van der Waals surface area (Å²) in [6.07, 6.45) is 4.00. The highest BCUT2D eigenvalue weighted by Crippen LogP contribution is 2.38. The van der Waals surface area contributed by atoms with Crippen LogP contribution < -0.4 is 0 Å². The van der Waals surface area contributed by atoms with Gasteiger partial charge in [-0.1, -0.05) is 27.7 Å². The van der Waals surface area contributed by atoms with Crippen LogP contribution in [-0.2, 0) is 24.1 Å². The van der Waals surface area contributed by atoms with Gasteiger partial charge in [0, 0.05) is 34.0 Å². The number of hydrogen-bond donors (Lipinski definition) is 4. The van der Waals surface area contributed by atoms with E-state index in [0.29, 0.717) is 6.42 Å². The second-order valence-corrected chi connectivity index (χ2v) is 12.9. The average Bonchev–Trinajstić information content (AvgIpc) is 3.77. The maximum Gasteiger partial charge on any atom is 0.303 e. The lowest BCUT2D eigenvalue weighted by molar-refractivity contribution is -0.136. The number of rotatable bonds is 7. The van der Waals surface area contributed by atoms with Crippen molar-refractivity contribution >= 4 is 61.4 Å². The van der Waals surface area contributed by atoms with Gasteiger partial charge in [0.2, 0.25) is 0 Å². The quantitative estimate of drug-likeness (QED) is 0.163. The molecule has 4 N–H and O–H groups in total. The number of hydrogen-bond acceptors (Lipinski definition) is 3. The summed E-state index contributed by atoms with van der Waals surface area (Å²) in [6, 6.07) is 8.71. The van der Waals surface area contributed by atoms with Crippen LogP contribution in [0.15, 0.2) is 24.3 Å². The van der Waals surface area contributed by atoms with Crippen molar-refractivity contribution in [1.29, 1.82) is 0 Å². The van der Waals surface area contributed by atoms with Crippen LogP contribution >= 0.6 is 0 Å². The highest BCUT2D eigenvalue weighted by atomic mass is 16.4. The Balaban J connectivity index is 1.82. The van der Waals surface area contributed by atoms with E-state index in [-0.39, 0.29) is 6.42 Å². The van der Waals surface area contributed by atoms with E-state index in [9.17, 15) is 9.90 Å². The van der Waals surface area contributed by atoms with Gasteiger partial charge in [-0.05, 0) is 147 Å². The van der Waals surface area contributed by atoms with Gasteiger partial charge in [-0.15, -0.1) is 0 Å². The Bertz CT molecular complexity index is 2220. The van der Waals surface area contributed by atoms with Crippen molar-refractivity contribution in [2.75, 3.05) is 0 Å². The van der Waals surface area contributed by atoms with Crippen molar-refractivity contribution in [2.45, 2.75) is 101 Å². The van der Waals surface area contributed by atoms with E-state index in [1.165, 1.54) is 44.5 Å². The zero-order valence-corrected chi connectivity index (χ0v) is 29.3. The molecule has 244 valence electrons. The minimum Gasteiger partial charge on any atom is -0.481 e. The molecule has 0 unspecified atom stereocenters. The van der Waals surface area contributed by atoms with E-state index in [0.717, 1.165) is 92.7 Å². The highest BCUT2D eigenvalue weighted by Gasteiger charge is 2.22. The molecule has 0 fully saturated rings. The van der Waals surface area contributed by atoms with E-state index < -0.39 is 5.97 Å². The molecule has 47 heavy (non-hydrogen) atoms. The zero-order valence-electron chi connectivity index (χ0n) is 29.3. The molecule has 10 bridgehead atoms. The third kappa shape index (κ3) is 5.45. The largest absolute Gasteiger partial charge is 0.481 e. The predicted molar refractivity (Wildman–Crippen MR) is 196 cm³/mol. The highest BCUT2D eigenvalue weighted by molar-refractivity contribution is 5.98. The van der Waals surface area contributed by atoms with E-state index >= 15 is 0 Å². The minimum absolute atomic E-state index is 0.0542. The molecule has 7 heteroatoms. The van der Waals surface area contributed by atoms with Gasteiger partial charge >= 0.3 is 5.97 Å². The van der Waals surface area contributed by atoms with Crippen LogP contribution in [0.1, 0.15) is 117 Å². The predicted octanol–water partition coefficient (Wildman–Crippen LogP) is 10.1. The molecular weight excluding hydrogens is 582 g/mol. The molecular formula is C40H47N5O2. The number of H-pyrrole nitrogens is 3. The minimum atomic E-state index is -0.809. The normalized spacial score (nSPS) is 13.3. The molecule has 4 aromatic heterocycles. The van der Waals surface area contributed by atoms with Crippen molar-refractivity contribution in [2.24, 2.45) is 0 Å². The third-order valence-electron chi connectivity index (χ3n) is 10.4. The van der Waals surface area contributed by atoms with Crippen LogP contribution in [0.4, 0.5) is 0 Å². The number of nitrogens with zero attached hydrogens (tertiary/aromatic N) is 2. The second kappa shape index (κ2) is 12.5. The Hall–Kier alpha value is -4.65. The summed E-state index contributed by atoms with van der Waals surface area (Å²) >= 11 is 0. The first-order valence-electron chi connectivity index (χ1n) is 17.1. The summed E-state index contributed by atoms with van der Waals surface area (Å²) in [5.41, 5.74) is 22.0. The maximum absolute atomic E-state index is 11.7. The summed E-state index contributed by atoms with van der Waals surface area (Å²) in [6.45, 7) is 19.6. The molecule has 7 nitrogen and oxygen atoms in total. The number of aryl methyl sites for hydroxylation is 6. The molecule has 0 radical (unpaired) electrons. The summed E-state index contributed by atoms with van der Waals surface area (Å²) < 4.78 is 0. The number of nitrogens with one attached hydrogen (secondary N) is 3. The molecule has 0 aliphatic carbocycles. The molecule has 2 aliphatic rings. The number of aliphatic carboxylic acids is 1. The lowest BCUT2D eigenvalue weighted by Gasteiger charge is -2.02. The Kier molecular flexibility index (Phi) is 8.60.